The number of aromatic nitrogens is 1. The second-order valence-electron chi connectivity index (χ2n) is 6.89. The number of nitrogens with zero attached hydrogens (tertiary/aromatic N) is 2. The zero-order valence-corrected chi connectivity index (χ0v) is 15.9. The standard InChI is InChI=1S/C20H20F4N4O2/c21-16-4-2-1-3-15(16)19(30)26-12-18(29)27-14-7-9-28(10-8-14)17-6-5-13(11-25-17)20(22,23)24/h1-6,11,14H,7-10,12H2,(H,26,30)(H,27,29). The smallest absolute Gasteiger partial charge is 0.356 e. The van der Waals surface area contributed by atoms with Gasteiger partial charge in [-0.15, -0.1) is 0 Å². The summed E-state index contributed by atoms with van der Waals surface area (Å²) in [4.78, 5) is 29.7. The van der Waals surface area contributed by atoms with Crippen LogP contribution >= 0.6 is 0 Å². The summed E-state index contributed by atoms with van der Waals surface area (Å²) < 4.78 is 51.4. The lowest BCUT2D eigenvalue weighted by Gasteiger charge is -2.33. The van der Waals surface area contributed by atoms with Gasteiger partial charge in [-0.05, 0) is 37.1 Å². The normalized spacial score (nSPS) is 15.0. The van der Waals surface area contributed by atoms with Crippen molar-refractivity contribution in [2.24, 2.45) is 0 Å². The fourth-order valence-corrected chi connectivity index (χ4v) is 3.17. The lowest BCUT2D eigenvalue weighted by molar-refractivity contribution is -0.137. The number of rotatable bonds is 5. The molecule has 1 aliphatic rings. The average Bonchev–Trinajstić information content (AvgIpc) is 2.72. The van der Waals surface area contributed by atoms with Gasteiger partial charge in [0.25, 0.3) is 5.91 Å². The molecule has 2 aromatic rings. The summed E-state index contributed by atoms with van der Waals surface area (Å²) in [7, 11) is 0. The molecule has 1 aliphatic heterocycles. The molecule has 6 nitrogen and oxygen atoms in total. The van der Waals surface area contributed by atoms with Crippen LogP contribution in [-0.4, -0.2) is 42.5 Å². The zero-order chi connectivity index (χ0) is 21.7. The van der Waals surface area contributed by atoms with Gasteiger partial charge in [0.15, 0.2) is 0 Å². The molecule has 0 saturated carbocycles. The predicted molar refractivity (Wildman–Crippen MR) is 101 cm³/mol. The number of alkyl halides is 3. The maximum Gasteiger partial charge on any atom is 0.417 e. The Morgan fingerprint density at radius 1 is 1.10 bits per heavy atom. The van der Waals surface area contributed by atoms with Gasteiger partial charge in [-0.1, -0.05) is 12.1 Å². The van der Waals surface area contributed by atoms with E-state index in [1.165, 1.54) is 24.3 Å². The Hall–Kier alpha value is -3.17. The summed E-state index contributed by atoms with van der Waals surface area (Å²) >= 11 is 0. The molecular formula is C20H20F4N4O2. The monoisotopic (exact) mass is 424 g/mol. The van der Waals surface area contributed by atoms with E-state index in [-0.39, 0.29) is 18.2 Å². The van der Waals surface area contributed by atoms with Crippen molar-refractivity contribution in [1.29, 1.82) is 0 Å². The van der Waals surface area contributed by atoms with Crippen molar-refractivity contribution < 1.29 is 27.2 Å². The third kappa shape index (κ3) is 5.46. The van der Waals surface area contributed by atoms with Gasteiger partial charge in [-0.3, -0.25) is 9.59 Å². The molecule has 0 unspecified atom stereocenters. The van der Waals surface area contributed by atoms with Crippen molar-refractivity contribution >= 4 is 17.6 Å². The third-order valence-electron chi connectivity index (χ3n) is 4.79. The predicted octanol–water partition coefficient (Wildman–Crippen LogP) is 2.75. The second-order valence-corrected chi connectivity index (χ2v) is 6.89. The molecule has 1 aromatic carbocycles. The lowest BCUT2D eigenvalue weighted by Crippen LogP contribution is -2.47. The molecule has 3 rings (SSSR count). The van der Waals surface area contributed by atoms with E-state index in [4.69, 9.17) is 0 Å². The van der Waals surface area contributed by atoms with E-state index >= 15 is 0 Å². The SMILES string of the molecule is O=C(CNC(=O)c1ccccc1F)NC1CCN(c2ccc(C(F)(F)F)cn2)CC1. The summed E-state index contributed by atoms with van der Waals surface area (Å²) in [5.74, 6) is -1.29. The molecule has 2 heterocycles. The van der Waals surface area contributed by atoms with Crippen LogP contribution in [0.4, 0.5) is 23.4 Å². The van der Waals surface area contributed by atoms with Crippen LogP contribution in [0.5, 0.6) is 0 Å². The number of benzene rings is 1. The van der Waals surface area contributed by atoms with Crippen LogP contribution in [0.15, 0.2) is 42.6 Å². The van der Waals surface area contributed by atoms with E-state index in [1.807, 2.05) is 4.90 Å². The van der Waals surface area contributed by atoms with Crippen molar-refractivity contribution in [2.75, 3.05) is 24.5 Å². The highest BCUT2D eigenvalue weighted by Crippen LogP contribution is 2.29. The number of carbonyl (C=O) groups excluding carboxylic acids is 2. The topological polar surface area (TPSA) is 74.3 Å². The molecule has 0 atom stereocenters. The summed E-state index contributed by atoms with van der Waals surface area (Å²) in [5.41, 5.74) is -0.937. The molecule has 1 fully saturated rings. The molecule has 2 N–H and O–H groups in total. The number of amides is 2. The Kier molecular flexibility index (Phi) is 6.53. The van der Waals surface area contributed by atoms with Crippen LogP contribution in [-0.2, 0) is 11.0 Å². The number of nitrogens with one attached hydrogen (secondary N) is 2. The van der Waals surface area contributed by atoms with Crippen LogP contribution in [0.25, 0.3) is 0 Å². The quantitative estimate of drug-likeness (QED) is 0.724. The minimum Gasteiger partial charge on any atom is -0.356 e. The largest absolute Gasteiger partial charge is 0.417 e. The number of halogens is 4. The molecule has 1 saturated heterocycles. The van der Waals surface area contributed by atoms with Crippen molar-refractivity contribution in [3.63, 3.8) is 0 Å². The first-order valence-electron chi connectivity index (χ1n) is 9.34. The number of hydrogen-bond donors (Lipinski definition) is 2. The van der Waals surface area contributed by atoms with Crippen molar-refractivity contribution in [2.45, 2.75) is 25.1 Å². The molecule has 0 spiro atoms. The van der Waals surface area contributed by atoms with Gasteiger partial charge in [-0.2, -0.15) is 13.2 Å². The number of anilines is 1. The van der Waals surface area contributed by atoms with Crippen LogP contribution in [0.3, 0.4) is 0 Å². The number of piperidine rings is 1. The van der Waals surface area contributed by atoms with Crippen LogP contribution < -0.4 is 15.5 Å². The third-order valence-corrected chi connectivity index (χ3v) is 4.79. The van der Waals surface area contributed by atoms with Crippen molar-refractivity contribution in [1.82, 2.24) is 15.6 Å². The maximum atomic E-state index is 13.6. The highest BCUT2D eigenvalue weighted by Gasteiger charge is 2.31. The number of carbonyl (C=O) groups is 2. The Morgan fingerprint density at radius 2 is 1.80 bits per heavy atom. The second kappa shape index (κ2) is 9.10. The fraction of sp³-hybridized carbons (Fsp3) is 0.350. The summed E-state index contributed by atoms with van der Waals surface area (Å²) in [5, 5.41) is 5.18. The van der Waals surface area contributed by atoms with Crippen LogP contribution in [0.2, 0.25) is 0 Å². The fourth-order valence-electron chi connectivity index (χ4n) is 3.17. The van der Waals surface area contributed by atoms with Gasteiger partial charge in [0.1, 0.15) is 11.6 Å². The first kappa shape index (κ1) is 21.5. The summed E-state index contributed by atoms with van der Waals surface area (Å²) in [6, 6.07) is 7.67. The van der Waals surface area contributed by atoms with Gasteiger partial charge < -0.3 is 15.5 Å². The van der Waals surface area contributed by atoms with Crippen LogP contribution in [0.1, 0.15) is 28.8 Å². The average molecular weight is 424 g/mol. The van der Waals surface area contributed by atoms with Gasteiger partial charge in [-0.25, -0.2) is 9.37 Å². The van der Waals surface area contributed by atoms with E-state index in [0.29, 0.717) is 31.7 Å². The Morgan fingerprint density at radius 3 is 2.40 bits per heavy atom. The molecular weight excluding hydrogens is 404 g/mol. The highest BCUT2D eigenvalue weighted by atomic mass is 19.4. The van der Waals surface area contributed by atoms with E-state index in [2.05, 4.69) is 15.6 Å². The molecule has 10 heteroatoms. The maximum absolute atomic E-state index is 13.6. The van der Waals surface area contributed by atoms with Gasteiger partial charge in [0.05, 0.1) is 17.7 Å². The minimum absolute atomic E-state index is 0.131. The van der Waals surface area contributed by atoms with Crippen molar-refractivity contribution in [3.8, 4) is 0 Å². The first-order chi connectivity index (χ1) is 14.2. The van der Waals surface area contributed by atoms with E-state index < -0.39 is 29.4 Å². The summed E-state index contributed by atoms with van der Waals surface area (Å²) in [6.45, 7) is 0.754. The number of hydrogen-bond acceptors (Lipinski definition) is 4. The lowest BCUT2D eigenvalue weighted by atomic mass is 10.0. The van der Waals surface area contributed by atoms with E-state index in [1.54, 1.807) is 0 Å². The van der Waals surface area contributed by atoms with E-state index in [0.717, 1.165) is 18.3 Å². The van der Waals surface area contributed by atoms with E-state index in [9.17, 15) is 27.2 Å². The molecule has 0 bridgehead atoms. The highest BCUT2D eigenvalue weighted by molar-refractivity contribution is 5.96. The van der Waals surface area contributed by atoms with Gasteiger partial charge in [0, 0.05) is 25.3 Å². The Bertz CT molecular complexity index is 894. The molecule has 0 radical (unpaired) electrons. The minimum atomic E-state index is -4.43. The van der Waals surface area contributed by atoms with Gasteiger partial charge >= 0.3 is 6.18 Å². The molecule has 30 heavy (non-hydrogen) atoms. The van der Waals surface area contributed by atoms with Gasteiger partial charge in [0.2, 0.25) is 5.91 Å². The van der Waals surface area contributed by atoms with Crippen LogP contribution in [0, 0.1) is 5.82 Å². The molecule has 1 aromatic heterocycles. The summed E-state index contributed by atoms with van der Waals surface area (Å²) in [6.07, 6.45) is -2.46. The zero-order valence-electron chi connectivity index (χ0n) is 15.9. The molecule has 0 aliphatic carbocycles. The Labute approximate surface area is 170 Å². The first-order valence-corrected chi connectivity index (χ1v) is 9.34. The molecule has 2 amide bonds. The Balaban J connectivity index is 1.43. The number of pyridine rings is 1. The van der Waals surface area contributed by atoms with Crippen molar-refractivity contribution in [3.05, 3.63) is 59.5 Å². The molecule has 160 valence electrons.